The lowest BCUT2D eigenvalue weighted by Crippen LogP contribution is -2.39. The summed E-state index contributed by atoms with van der Waals surface area (Å²) in [5.74, 6) is 0.680. The molecule has 1 aliphatic heterocycles. The Kier molecular flexibility index (Phi) is 5.51. The van der Waals surface area contributed by atoms with E-state index in [4.69, 9.17) is 0 Å². The number of imidazole rings is 1. The van der Waals surface area contributed by atoms with Crippen LogP contribution in [0, 0.1) is 5.92 Å². The van der Waals surface area contributed by atoms with Crippen LogP contribution in [0.3, 0.4) is 0 Å². The fourth-order valence-corrected chi connectivity index (χ4v) is 3.95. The van der Waals surface area contributed by atoms with Crippen LogP contribution in [-0.4, -0.2) is 39.2 Å². The zero-order valence-electron chi connectivity index (χ0n) is 16.0. The molecule has 5 nitrogen and oxygen atoms in total. The normalized spacial score (nSPS) is 15.1. The molecule has 28 heavy (non-hydrogen) atoms. The summed E-state index contributed by atoms with van der Waals surface area (Å²) < 4.78 is 2.22. The van der Waals surface area contributed by atoms with Gasteiger partial charge in [0.2, 0.25) is 5.91 Å². The molecule has 1 aromatic heterocycles. The number of rotatable bonds is 6. The third kappa shape index (κ3) is 4.14. The van der Waals surface area contributed by atoms with Gasteiger partial charge in [0, 0.05) is 38.0 Å². The molecule has 5 heteroatoms. The molecular weight excluding hydrogens is 350 g/mol. The molecule has 0 atom stereocenters. The fraction of sp³-hybridized carbons (Fsp3) is 0.348. The van der Waals surface area contributed by atoms with Gasteiger partial charge in [0.15, 0.2) is 5.78 Å². The second kappa shape index (κ2) is 8.38. The molecule has 0 N–H and O–H groups in total. The van der Waals surface area contributed by atoms with E-state index < -0.39 is 0 Å². The summed E-state index contributed by atoms with van der Waals surface area (Å²) in [6.07, 6.45) is 4.47. The summed E-state index contributed by atoms with van der Waals surface area (Å²) in [7, 11) is 0. The molecule has 0 aliphatic carbocycles. The fourth-order valence-electron chi connectivity index (χ4n) is 3.95. The van der Waals surface area contributed by atoms with E-state index in [-0.39, 0.29) is 18.1 Å². The summed E-state index contributed by atoms with van der Waals surface area (Å²) in [6.45, 7) is 2.49. The van der Waals surface area contributed by atoms with Gasteiger partial charge in [-0.15, -0.1) is 0 Å². The number of carbonyl (C=O) groups excluding carboxylic acids is 2. The molecule has 1 aliphatic rings. The Morgan fingerprint density at radius 1 is 0.929 bits per heavy atom. The van der Waals surface area contributed by atoms with Crippen molar-refractivity contribution in [1.82, 2.24) is 14.5 Å². The van der Waals surface area contributed by atoms with Gasteiger partial charge in [-0.25, -0.2) is 4.98 Å². The number of ketones is 1. The first kappa shape index (κ1) is 18.4. The first-order valence-corrected chi connectivity index (χ1v) is 9.96. The monoisotopic (exact) mass is 375 g/mol. The minimum Gasteiger partial charge on any atom is -0.343 e. The van der Waals surface area contributed by atoms with Crippen molar-refractivity contribution in [3.63, 3.8) is 0 Å². The second-order valence-electron chi connectivity index (χ2n) is 7.50. The van der Waals surface area contributed by atoms with E-state index in [1.54, 1.807) is 12.1 Å². The van der Waals surface area contributed by atoms with E-state index in [1.165, 1.54) is 5.52 Å². The zero-order valence-corrected chi connectivity index (χ0v) is 16.0. The molecular formula is C23H25N3O2. The van der Waals surface area contributed by atoms with Crippen LogP contribution >= 0.6 is 0 Å². The number of fused-ring (bicyclic) bond motifs is 1. The highest BCUT2D eigenvalue weighted by molar-refractivity contribution is 5.97. The lowest BCUT2D eigenvalue weighted by molar-refractivity contribution is -0.132. The molecule has 1 saturated heterocycles. The maximum Gasteiger partial charge on any atom is 0.223 e. The number of nitrogens with zero attached hydrogens (tertiary/aromatic N) is 3. The largest absolute Gasteiger partial charge is 0.343 e. The van der Waals surface area contributed by atoms with Gasteiger partial charge in [0.1, 0.15) is 0 Å². The molecule has 1 fully saturated rings. The molecule has 0 radical (unpaired) electrons. The number of piperidine rings is 1. The molecule has 0 bridgehead atoms. The number of hydrogen-bond donors (Lipinski definition) is 0. The molecule has 4 rings (SSSR count). The standard InChI is InChI=1S/C23H25N3O2/c27-22(19-6-2-1-3-7-19)10-11-23(28)25-14-12-18(13-15-25)16-26-17-24-20-8-4-5-9-21(20)26/h1-9,17-18H,10-16H2. The highest BCUT2D eigenvalue weighted by atomic mass is 16.2. The number of aromatic nitrogens is 2. The van der Waals surface area contributed by atoms with Crippen LogP contribution < -0.4 is 0 Å². The molecule has 0 unspecified atom stereocenters. The van der Waals surface area contributed by atoms with Crippen LogP contribution in [0.25, 0.3) is 11.0 Å². The number of hydrogen-bond acceptors (Lipinski definition) is 3. The number of para-hydroxylation sites is 2. The maximum atomic E-state index is 12.5. The number of likely N-dealkylation sites (tertiary alicyclic amines) is 1. The van der Waals surface area contributed by atoms with Gasteiger partial charge in [0.05, 0.1) is 17.4 Å². The Morgan fingerprint density at radius 2 is 1.64 bits per heavy atom. The van der Waals surface area contributed by atoms with E-state index in [2.05, 4.69) is 15.6 Å². The van der Waals surface area contributed by atoms with Crippen molar-refractivity contribution in [1.29, 1.82) is 0 Å². The van der Waals surface area contributed by atoms with Crippen LogP contribution in [0.1, 0.15) is 36.0 Å². The van der Waals surface area contributed by atoms with Crippen molar-refractivity contribution >= 4 is 22.7 Å². The van der Waals surface area contributed by atoms with Crippen LogP contribution in [0.2, 0.25) is 0 Å². The first-order valence-electron chi connectivity index (χ1n) is 9.96. The van der Waals surface area contributed by atoms with Crippen LogP contribution in [0.5, 0.6) is 0 Å². The summed E-state index contributed by atoms with van der Waals surface area (Å²) in [5.41, 5.74) is 2.88. The average Bonchev–Trinajstić information content (AvgIpc) is 3.16. The smallest absolute Gasteiger partial charge is 0.223 e. The molecule has 0 saturated carbocycles. The number of carbonyl (C=O) groups is 2. The lowest BCUT2D eigenvalue weighted by Gasteiger charge is -2.32. The summed E-state index contributed by atoms with van der Waals surface area (Å²) in [6, 6.07) is 17.4. The van der Waals surface area contributed by atoms with Gasteiger partial charge >= 0.3 is 0 Å². The van der Waals surface area contributed by atoms with Gasteiger partial charge < -0.3 is 9.47 Å². The van der Waals surface area contributed by atoms with Crippen molar-refractivity contribution < 1.29 is 9.59 Å². The van der Waals surface area contributed by atoms with E-state index >= 15 is 0 Å². The van der Waals surface area contributed by atoms with Gasteiger partial charge in [-0.1, -0.05) is 42.5 Å². The van der Waals surface area contributed by atoms with Crippen molar-refractivity contribution in [2.45, 2.75) is 32.2 Å². The SMILES string of the molecule is O=C(CCC(=O)N1CCC(Cn2cnc3ccccc32)CC1)c1ccccc1. The highest BCUT2D eigenvalue weighted by Gasteiger charge is 2.23. The molecule has 0 spiro atoms. The van der Waals surface area contributed by atoms with E-state index in [0.717, 1.165) is 38.0 Å². The van der Waals surface area contributed by atoms with Gasteiger partial charge in [-0.2, -0.15) is 0 Å². The predicted molar refractivity (Wildman–Crippen MR) is 109 cm³/mol. The van der Waals surface area contributed by atoms with Crippen molar-refractivity contribution in [3.05, 3.63) is 66.5 Å². The Labute approximate surface area is 165 Å². The zero-order chi connectivity index (χ0) is 19.3. The third-order valence-corrected chi connectivity index (χ3v) is 5.61. The van der Waals surface area contributed by atoms with Crippen LogP contribution in [-0.2, 0) is 11.3 Å². The molecule has 1 amide bonds. The molecule has 2 aromatic carbocycles. The molecule has 144 valence electrons. The van der Waals surface area contributed by atoms with E-state index in [1.807, 2.05) is 47.6 Å². The first-order chi connectivity index (χ1) is 13.7. The minimum atomic E-state index is 0.0378. The second-order valence-corrected chi connectivity index (χ2v) is 7.50. The quantitative estimate of drug-likeness (QED) is 0.613. The van der Waals surface area contributed by atoms with E-state index in [9.17, 15) is 9.59 Å². The predicted octanol–water partition coefficient (Wildman–Crippen LogP) is 3.94. The summed E-state index contributed by atoms with van der Waals surface area (Å²) >= 11 is 0. The Hall–Kier alpha value is -2.95. The topological polar surface area (TPSA) is 55.2 Å². The number of Topliss-reactive ketones (excluding diaryl/α,β-unsaturated/α-hetero) is 1. The average molecular weight is 375 g/mol. The van der Waals surface area contributed by atoms with Crippen molar-refractivity contribution in [3.8, 4) is 0 Å². The highest BCUT2D eigenvalue weighted by Crippen LogP contribution is 2.22. The van der Waals surface area contributed by atoms with Crippen molar-refractivity contribution in [2.24, 2.45) is 5.92 Å². The molecule has 3 aromatic rings. The number of benzene rings is 2. The van der Waals surface area contributed by atoms with Crippen molar-refractivity contribution in [2.75, 3.05) is 13.1 Å². The third-order valence-electron chi connectivity index (χ3n) is 5.61. The maximum absolute atomic E-state index is 12.5. The summed E-state index contributed by atoms with van der Waals surface area (Å²) in [5, 5.41) is 0. The van der Waals surface area contributed by atoms with E-state index in [0.29, 0.717) is 17.9 Å². The minimum absolute atomic E-state index is 0.0378. The van der Waals surface area contributed by atoms with Gasteiger partial charge in [-0.05, 0) is 30.9 Å². The lowest BCUT2D eigenvalue weighted by atomic mass is 9.96. The van der Waals surface area contributed by atoms with Gasteiger partial charge in [-0.3, -0.25) is 9.59 Å². The van der Waals surface area contributed by atoms with Crippen LogP contribution in [0.15, 0.2) is 60.9 Å². The van der Waals surface area contributed by atoms with Gasteiger partial charge in [0.25, 0.3) is 0 Å². The molecule has 2 heterocycles. The summed E-state index contributed by atoms with van der Waals surface area (Å²) in [4.78, 5) is 31.1. The Morgan fingerprint density at radius 3 is 2.43 bits per heavy atom. The Balaban J connectivity index is 1.25. The Bertz CT molecular complexity index is 956. The van der Waals surface area contributed by atoms with Crippen LogP contribution in [0.4, 0.5) is 0 Å². The number of amides is 1.